The second kappa shape index (κ2) is 11.3. The summed E-state index contributed by atoms with van der Waals surface area (Å²) < 4.78 is 13.7. The van der Waals surface area contributed by atoms with Crippen LogP contribution in [0.25, 0.3) is 12.2 Å². The highest BCUT2D eigenvalue weighted by molar-refractivity contribution is 5.95. The lowest BCUT2D eigenvalue weighted by Crippen LogP contribution is -2.53. The molecule has 37 heavy (non-hydrogen) atoms. The molecule has 2 aliphatic rings. The monoisotopic (exact) mass is 502 g/mol. The predicted octanol–water partition coefficient (Wildman–Crippen LogP) is 5.19. The van der Waals surface area contributed by atoms with Gasteiger partial charge in [-0.05, 0) is 55.9 Å². The van der Waals surface area contributed by atoms with Crippen molar-refractivity contribution >= 4 is 29.7 Å². The standard InChI is InChI=1S/C30H35FN4O2/c1-29(28(37)34-25-12-10-23(11-13-25)9-8-22-6-4-3-5-7-22)14-16-30(2,17-15-29)33-20-27(36)35-21-24(31)18-26(35)19-32/h3-13,24,26,33H,14-18,20-21H2,1-2H3,(H,34,37)/b9-8+/t24-,26-,29?,30?/m0/s1. The lowest BCUT2D eigenvalue weighted by molar-refractivity contribution is -0.131. The lowest BCUT2D eigenvalue weighted by Gasteiger charge is -2.43. The van der Waals surface area contributed by atoms with Gasteiger partial charge in [-0.1, -0.05) is 61.5 Å². The van der Waals surface area contributed by atoms with Crippen molar-refractivity contribution in [3.8, 4) is 6.07 Å². The molecule has 0 bridgehead atoms. The third kappa shape index (κ3) is 6.64. The van der Waals surface area contributed by atoms with Crippen LogP contribution >= 0.6 is 0 Å². The van der Waals surface area contributed by atoms with Crippen molar-refractivity contribution in [2.75, 3.05) is 18.4 Å². The van der Waals surface area contributed by atoms with E-state index in [9.17, 15) is 19.2 Å². The second-order valence-corrected chi connectivity index (χ2v) is 10.8. The first kappa shape index (κ1) is 26.6. The van der Waals surface area contributed by atoms with E-state index < -0.39 is 17.6 Å². The van der Waals surface area contributed by atoms with Crippen LogP contribution in [0.1, 0.15) is 57.1 Å². The number of nitrogens with one attached hydrogen (secondary N) is 2. The third-order valence-electron chi connectivity index (χ3n) is 7.83. The van der Waals surface area contributed by atoms with Crippen molar-refractivity contribution in [2.45, 2.75) is 63.7 Å². The number of rotatable bonds is 7. The number of hydrogen-bond acceptors (Lipinski definition) is 4. The summed E-state index contributed by atoms with van der Waals surface area (Å²) in [6, 6.07) is 19.2. The molecule has 0 aromatic heterocycles. The molecule has 4 rings (SSSR count). The average Bonchev–Trinajstić information content (AvgIpc) is 3.30. The van der Waals surface area contributed by atoms with E-state index in [4.69, 9.17) is 0 Å². The molecular weight excluding hydrogens is 467 g/mol. The van der Waals surface area contributed by atoms with Gasteiger partial charge in [0.25, 0.3) is 0 Å². The summed E-state index contributed by atoms with van der Waals surface area (Å²) in [7, 11) is 0. The summed E-state index contributed by atoms with van der Waals surface area (Å²) in [5, 5.41) is 15.6. The van der Waals surface area contributed by atoms with Crippen LogP contribution in [0.2, 0.25) is 0 Å². The van der Waals surface area contributed by atoms with Gasteiger partial charge in [-0.3, -0.25) is 9.59 Å². The molecule has 2 atom stereocenters. The Kier molecular flexibility index (Phi) is 8.09. The molecule has 7 heteroatoms. The number of anilines is 1. The normalized spacial score (nSPS) is 27.7. The second-order valence-electron chi connectivity index (χ2n) is 10.8. The number of carbonyl (C=O) groups is 2. The van der Waals surface area contributed by atoms with Gasteiger partial charge < -0.3 is 15.5 Å². The predicted molar refractivity (Wildman–Crippen MR) is 144 cm³/mol. The number of likely N-dealkylation sites (tertiary alicyclic amines) is 1. The first-order valence-electron chi connectivity index (χ1n) is 12.9. The van der Waals surface area contributed by atoms with E-state index in [1.165, 1.54) is 4.90 Å². The first-order chi connectivity index (χ1) is 17.7. The zero-order valence-corrected chi connectivity index (χ0v) is 21.5. The minimum atomic E-state index is -1.14. The molecule has 2 aromatic carbocycles. The number of nitrogens with zero attached hydrogens (tertiary/aromatic N) is 2. The molecule has 1 heterocycles. The van der Waals surface area contributed by atoms with Crippen molar-refractivity contribution in [2.24, 2.45) is 5.41 Å². The maximum absolute atomic E-state index is 13.7. The Labute approximate surface area is 218 Å². The van der Waals surface area contributed by atoms with Gasteiger partial charge in [0.05, 0.1) is 19.2 Å². The number of hydrogen-bond donors (Lipinski definition) is 2. The topological polar surface area (TPSA) is 85.2 Å². The van der Waals surface area contributed by atoms with E-state index in [0.717, 1.165) is 29.7 Å². The minimum Gasteiger partial charge on any atom is -0.326 e. The van der Waals surface area contributed by atoms with Gasteiger partial charge in [0.1, 0.15) is 12.2 Å². The van der Waals surface area contributed by atoms with Gasteiger partial charge in [-0.15, -0.1) is 0 Å². The highest BCUT2D eigenvalue weighted by atomic mass is 19.1. The molecule has 2 aromatic rings. The van der Waals surface area contributed by atoms with Gasteiger partial charge >= 0.3 is 0 Å². The lowest BCUT2D eigenvalue weighted by atomic mass is 9.68. The Hall–Kier alpha value is -3.50. The van der Waals surface area contributed by atoms with Gasteiger partial charge in [-0.2, -0.15) is 5.26 Å². The molecular formula is C30H35FN4O2. The van der Waals surface area contributed by atoms with E-state index >= 15 is 0 Å². The number of alkyl halides is 1. The van der Waals surface area contributed by atoms with Gasteiger partial charge in [0.2, 0.25) is 11.8 Å². The van der Waals surface area contributed by atoms with Crippen LogP contribution in [0.5, 0.6) is 0 Å². The molecule has 194 valence electrons. The summed E-state index contributed by atoms with van der Waals surface area (Å²) in [6.45, 7) is 4.10. The molecule has 0 spiro atoms. The summed E-state index contributed by atoms with van der Waals surface area (Å²) in [5.41, 5.74) is 2.16. The summed E-state index contributed by atoms with van der Waals surface area (Å²) in [5.74, 6) is -0.248. The van der Waals surface area contributed by atoms with Crippen LogP contribution in [-0.2, 0) is 9.59 Å². The molecule has 0 radical (unpaired) electrons. The van der Waals surface area contributed by atoms with Crippen molar-refractivity contribution in [3.05, 3.63) is 65.7 Å². The number of amides is 2. The highest BCUT2D eigenvalue weighted by Crippen LogP contribution is 2.41. The summed E-state index contributed by atoms with van der Waals surface area (Å²) in [6.07, 6.45) is 5.89. The van der Waals surface area contributed by atoms with Crippen molar-refractivity contribution in [1.82, 2.24) is 10.2 Å². The molecule has 0 unspecified atom stereocenters. The number of nitriles is 1. The molecule has 2 N–H and O–H groups in total. The van der Waals surface area contributed by atoms with Crippen molar-refractivity contribution in [3.63, 3.8) is 0 Å². The van der Waals surface area contributed by atoms with E-state index in [1.54, 1.807) is 0 Å². The van der Waals surface area contributed by atoms with Gasteiger partial charge in [-0.25, -0.2) is 4.39 Å². The number of carbonyl (C=O) groups excluding carboxylic acids is 2. The fourth-order valence-electron chi connectivity index (χ4n) is 5.05. The van der Waals surface area contributed by atoms with E-state index in [2.05, 4.69) is 23.6 Å². The quantitative estimate of drug-likeness (QED) is 0.511. The molecule has 1 aliphatic carbocycles. The zero-order valence-electron chi connectivity index (χ0n) is 21.5. The third-order valence-corrected chi connectivity index (χ3v) is 7.83. The molecule has 1 aliphatic heterocycles. The van der Waals surface area contributed by atoms with Crippen LogP contribution < -0.4 is 10.6 Å². The minimum absolute atomic E-state index is 0.00104. The van der Waals surface area contributed by atoms with Crippen LogP contribution in [0, 0.1) is 16.7 Å². The van der Waals surface area contributed by atoms with Gasteiger partial charge in [0, 0.05) is 23.1 Å². The van der Waals surface area contributed by atoms with Crippen molar-refractivity contribution < 1.29 is 14.0 Å². The van der Waals surface area contributed by atoms with Gasteiger partial charge in [0.15, 0.2) is 0 Å². The first-order valence-corrected chi connectivity index (χ1v) is 12.9. The molecule has 6 nitrogen and oxygen atoms in total. The van der Waals surface area contributed by atoms with Crippen molar-refractivity contribution in [1.29, 1.82) is 5.26 Å². The van der Waals surface area contributed by atoms with Crippen LogP contribution in [0.4, 0.5) is 10.1 Å². The Morgan fingerprint density at radius 1 is 1.03 bits per heavy atom. The Morgan fingerprint density at radius 3 is 2.27 bits per heavy atom. The summed E-state index contributed by atoms with van der Waals surface area (Å²) in [4.78, 5) is 27.1. The number of halogens is 1. The Morgan fingerprint density at radius 2 is 1.65 bits per heavy atom. The van der Waals surface area contributed by atoms with E-state index in [0.29, 0.717) is 12.8 Å². The zero-order chi connectivity index (χ0) is 26.5. The summed E-state index contributed by atoms with van der Waals surface area (Å²) >= 11 is 0. The maximum atomic E-state index is 13.7. The largest absolute Gasteiger partial charge is 0.326 e. The van der Waals surface area contributed by atoms with Crippen LogP contribution in [-0.4, -0.2) is 47.6 Å². The van der Waals surface area contributed by atoms with E-state index in [-0.39, 0.29) is 36.9 Å². The van der Waals surface area contributed by atoms with Crippen LogP contribution in [0.15, 0.2) is 54.6 Å². The van der Waals surface area contributed by atoms with E-state index in [1.807, 2.05) is 73.7 Å². The molecule has 2 fully saturated rings. The smallest absolute Gasteiger partial charge is 0.237 e. The molecule has 2 amide bonds. The number of benzene rings is 2. The highest BCUT2D eigenvalue weighted by Gasteiger charge is 2.42. The van der Waals surface area contributed by atoms with Crippen LogP contribution in [0.3, 0.4) is 0 Å². The fraction of sp³-hybridized carbons (Fsp3) is 0.433. The fourth-order valence-corrected chi connectivity index (χ4v) is 5.05. The molecule has 1 saturated heterocycles. The maximum Gasteiger partial charge on any atom is 0.237 e. The Balaban J connectivity index is 1.27. The molecule has 1 saturated carbocycles. The Bertz CT molecular complexity index is 1160. The average molecular weight is 503 g/mol. The SMILES string of the molecule is CC1(NCC(=O)N2C[C@@H](F)C[C@H]2C#N)CCC(C)(C(=O)Nc2ccc(/C=C/c3ccccc3)cc2)CC1.